The predicted molar refractivity (Wildman–Crippen MR) is 125 cm³/mol. The molecular formula is C24H20BrFN2O4S. The van der Waals surface area contributed by atoms with Crippen LogP contribution in [0, 0.1) is 12.7 Å². The van der Waals surface area contributed by atoms with Crippen LogP contribution < -0.4 is 4.90 Å². The van der Waals surface area contributed by atoms with Gasteiger partial charge in [0.25, 0.3) is 5.91 Å². The molecular weight excluding hydrogens is 511 g/mol. The molecule has 1 aliphatic heterocycles. The zero-order valence-electron chi connectivity index (χ0n) is 17.6. The molecule has 170 valence electrons. The second kappa shape index (κ2) is 9.17. The standard InChI is InChI=1S/C24H20BrFN2O4S/c1-16-2-4-17(5-3-16)15-27(33(31,32)21-12-6-18(25)7-13-21)22-14-23(29)28(24(22)30)20-10-8-19(26)9-11-20/h2-13,22H,14-15H2,1H3. The van der Waals surface area contributed by atoms with Gasteiger partial charge < -0.3 is 0 Å². The number of carbonyl (C=O) groups is 2. The smallest absolute Gasteiger partial charge is 0.252 e. The van der Waals surface area contributed by atoms with Crippen molar-refractivity contribution >= 4 is 43.5 Å². The van der Waals surface area contributed by atoms with Gasteiger partial charge in [-0.05, 0) is 61.0 Å². The van der Waals surface area contributed by atoms with E-state index >= 15 is 0 Å². The van der Waals surface area contributed by atoms with Gasteiger partial charge in [-0.2, -0.15) is 4.31 Å². The Balaban J connectivity index is 1.74. The topological polar surface area (TPSA) is 74.8 Å². The average molecular weight is 531 g/mol. The number of nitrogens with zero attached hydrogens (tertiary/aromatic N) is 2. The molecule has 1 aliphatic rings. The Hall–Kier alpha value is -2.88. The van der Waals surface area contributed by atoms with Crippen LogP contribution >= 0.6 is 15.9 Å². The van der Waals surface area contributed by atoms with Crippen molar-refractivity contribution in [3.8, 4) is 0 Å². The molecule has 4 rings (SSSR count). The van der Waals surface area contributed by atoms with Crippen LogP contribution in [0.1, 0.15) is 17.5 Å². The van der Waals surface area contributed by atoms with Gasteiger partial charge in [-0.3, -0.25) is 9.59 Å². The summed E-state index contributed by atoms with van der Waals surface area (Å²) in [6, 6.07) is 17.1. The number of hydrogen-bond donors (Lipinski definition) is 0. The van der Waals surface area contributed by atoms with E-state index in [9.17, 15) is 22.4 Å². The largest absolute Gasteiger partial charge is 0.274 e. The molecule has 1 atom stereocenters. The van der Waals surface area contributed by atoms with Crippen LogP contribution in [0.15, 0.2) is 82.2 Å². The first-order valence-corrected chi connectivity index (χ1v) is 12.4. The van der Waals surface area contributed by atoms with Crippen molar-refractivity contribution in [1.82, 2.24) is 4.31 Å². The van der Waals surface area contributed by atoms with E-state index in [-0.39, 0.29) is 23.5 Å². The van der Waals surface area contributed by atoms with Crippen molar-refractivity contribution in [1.29, 1.82) is 0 Å². The number of amides is 2. The van der Waals surface area contributed by atoms with Crippen molar-refractivity contribution in [2.24, 2.45) is 0 Å². The highest BCUT2D eigenvalue weighted by atomic mass is 79.9. The number of imide groups is 1. The fourth-order valence-electron chi connectivity index (χ4n) is 3.68. The van der Waals surface area contributed by atoms with Gasteiger partial charge in [-0.15, -0.1) is 0 Å². The average Bonchev–Trinajstić information content (AvgIpc) is 3.07. The highest BCUT2D eigenvalue weighted by molar-refractivity contribution is 9.10. The molecule has 0 aliphatic carbocycles. The molecule has 0 N–H and O–H groups in total. The number of sulfonamides is 1. The van der Waals surface area contributed by atoms with Crippen molar-refractivity contribution in [3.63, 3.8) is 0 Å². The molecule has 0 bridgehead atoms. The summed E-state index contributed by atoms with van der Waals surface area (Å²) in [6.07, 6.45) is -0.308. The highest BCUT2D eigenvalue weighted by Crippen LogP contribution is 2.31. The second-order valence-electron chi connectivity index (χ2n) is 7.75. The molecule has 0 saturated carbocycles. The van der Waals surface area contributed by atoms with E-state index in [0.29, 0.717) is 10.0 Å². The quantitative estimate of drug-likeness (QED) is 0.442. The number of aryl methyl sites for hydroxylation is 1. The monoisotopic (exact) mass is 530 g/mol. The maximum Gasteiger partial charge on any atom is 0.252 e. The second-order valence-corrected chi connectivity index (χ2v) is 10.6. The lowest BCUT2D eigenvalue weighted by Crippen LogP contribution is -2.45. The number of rotatable bonds is 6. The fraction of sp³-hybridized carbons (Fsp3) is 0.167. The Labute approximate surface area is 199 Å². The van der Waals surface area contributed by atoms with Crippen LogP contribution in [0.2, 0.25) is 0 Å². The predicted octanol–water partition coefficient (Wildman–Crippen LogP) is 4.42. The zero-order chi connectivity index (χ0) is 23.8. The van der Waals surface area contributed by atoms with E-state index < -0.39 is 33.7 Å². The number of anilines is 1. The van der Waals surface area contributed by atoms with Crippen LogP contribution in [-0.4, -0.2) is 30.6 Å². The maximum atomic E-state index is 13.6. The molecule has 0 radical (unpaired) electrons. The summed E-state index contributed by atoms with van der Waals surface area (Å²) in [5.41, 5.74) is 1.89. The van der Waals surface area contributed by atoms with Gasteiger partial charge in [0.05, 0.1) is 17.0 Å². The first kappa shape index (κ1) is 23.3. The zero-order valence-corrected chi connectivity index (χ0v) is 20.0. The van der Waals surface area contributed by atoms with E-state index in [2.05, 4.69) is 15.9 Å². The summed E-state index contributed by atoms with van der Waals surface area (Å²) in [5.74, 6) is -1.72. The van der Waals surface area contributed by atoms with Gasteiger partial charge in [0.2, 0.25) is 15.9 Å². The Kier molecular flexibility index (Phi) is 6.47. The summed E-state index contributed by atoms with van der Waals surface area (Å²) in [6.45, 7) is 1.83. The molecule has 0 spiro atoms. The molecule has 0 aromatic heterocycles. The summed E-state index contributed by atoms with van der Waals surface area (Å²) >= 11 is 3.29. The van der Waals surface area contributed by atoms with E-state index in [1.54, 1.807) is 24.3 Å². The minimum Gasteiger partial charge on any atom is -0.274 e. The number of hydrogen-bond acceptors (Lipinski definition) is 4. The van der Waals surface area contributed by atoms with Crippen molar-refractivity contribution in [3.05, 3.63) is 94.2 Å². The first-order valence-electron chi connectivity index (χ1n) is 10.1. The molecule has 1 unspecified atom stereocenters. The van der Waals surface area contributed by atoms with E-state index in [4.69, 9.17) is 0 Å². The molecule has 3 aromatic carbocycles. The third kappa shape index (κ3) is 4.75. The van der Waals surface area contributed by atoms with E-state index in [0.717, 1.165) is 26.9 Å². The van der Waals surface area contributed by atoms with Crippen molar-refractivity contribution in [2.75, 3.05) is 4.90 Å². The molecule has 6 nitrogen and oxygen atoms in total. The molecule has 3 aromatic rings. The van der Waals surface area contributed by atoms with Gasteiger partial charge in [0.15, 0.2) is 0 Å². The van der Waals surface area contributed by atoms with Gasteiger partial charge in [0, 0.05) is 11.0 Å². The van der Waals surface area contributed by atoms with Crippen LogP contribution in [0.5, 0.6) is 0 Å². The summed E-state index contributed by atoms with van der Waals surface area (Å²) in [5, 5.41) is 0. The first-order chi connectivity index (χ1) is 15.7. The Morgan fingerprint density at radius 3 is 2.18 bits per heavy atom. The Morgan fingerprint density at radius 2 is 1.58 bits per heavy atom. The van der Waals surface area contributed by atoms with Crippen LogP contribution in [-0.2, 0) is 26.2 Å². The van der Waals surface area contributed by atoms with Crippen molar-refractivity contribution < 1.29 is 22.4 Å². The van der Waals surface area contributed by atoms with Gasteiger partial charge in [0.1, 0.15) is 11.9 Å². The van der Waals surface area contributed by atoms with Crippen LogP contribution in [0.25, 0.3) is 0 Å². The third-order valence-electron chi connectivity index (χ3n) is 5.43. The Morgan fingerprint density at radius 1 is 0.970 bits per heavy atom. The summed E-state index contributed by atoms with van der Waals surface area (Å²) in [4.78, 5) is 27.0. The summed E-state index contributed by atoms with van der Waals surface area (Å²) in [7, 11) is -4.13. The van der Waals surface area contributed by atoms with Gasteiger partial charge >= 0.3 is 0 Å². The third-order valence-corrected chi connectivity index (χ3v) is 7.83. The fourth-order valence-corrected chi connectivity index (χ4v) is 5.51. The van der Waals surface area contributed by atoms with Crippen molar-refractivity contribution in [2.45, 2.75) is 30.8 Å². The number of carbonyl (C=O) groups excluding carboxylic acids is 2. The molecule has 1 heterocycles. The Bertz CT molecular complexity index is 1290. The van der Waals surface area contributed by atoms with Crippen LogP contribution in [0.4, 0.5) is 10.1 Å². The molecule has 1 saturated heterocycles. The number of benzene rings is 3. The minimum absolute atomic E-state index is 0.0123. The lowest BCUT2D eigenvalue weighted by atomic mass is 10.1. The molecule has 1 fully saturated rings. The molecule has 9 heteroatoms. The van der Waals surface area contributed by atoms with Gasteiger partial charge in [-0.1, -0.05) is 45.8 Å². The normalized spacial score (nSPS) is 16.6. The van der Waals surface area contributed by atoms with E-state index in [1.165, 1.54) is 24.3 Å². The lowest BCUT2D eigenvalue weighted by molar-refractivity contribution is -0.122. The van der Waals surface area contributed by atoms with E-state index in [1.807, 2.05) is 19.1 Å². The SMILES string of the molecule is Cc1ccc(CN(C2CC(=O)N(c3ccc(F)cc3)C2=O)S(=O)(=O)c2ccc(Br)cc2)cc1. The highest BCUT2D eigenvalue weighted by Gasteiger charge is 2.47. The van der Waals surface area contributed by atoms with Crippen LogP contribution in [0.3, 0.4) is 0 Å². The maximum absolute atomic E-state index is 13.6. The molecule has 2 amide bonds. The summed E-state index contributed by atoms with van der Waals surface area (Å²) < 4.78 is 42.4. The molecule has 33 heavy (non-hydrogen) atoms. The minimum atomic E-state index is -4.13. The van der Waals surface area contributed by atoms with Gasteiger partial charge in [-0.25, -0.2) is 17.7 Å². The number of halogens is 2. The lowest BCUT2D eigenvalue weighted by Gasteiger charge is -2.27.